The van der Waals surface area contributed by atoms with Crippen LogP contribution >= 0.6 is 11.6 Å². The minimum atomic E-state index is -3.81. The van der Waals surface area contributed by atoms with Crippen molar-refractivity contribution >= 4 is 33.4 Å². The Morgan fingerprint density at radius 3 is 2.15 bits per heavy atom. The van der Waals surface area contributed by atoms with Gasteiger partial charge in [0.15, 0.2) is 0 Å². The maximum absolute atomic E-state index is 12.3. The van der Waals surface area contributed by atoms with E-state index < -0.39 is 21.8 Å². The van der Waals surface area contributed by atoms with Crippen LogP contribution in [-0.4, -0.2) is 26.3 Å². The van der Waals surface area contributed by atoms with Gasteiger partial charge >= 0.3 is 0 Å². The average Bonchev–Trinajstić information content (AvgIpc) is 3.43. The standard InChI is InChI=1S/C17H16ClN3O4S/c18-14-9-6-12(10-15(14)26(24,25)21-13-7-8-13)17(23)20-19-16(22)11-4-2-1-3-5-11/h1-6,9-10,13,21H,7-8H2,(H,19,22)(H,20,23). The highest BCUT2D eigenvalue weighted by atomic mass is 35.5. The third-order valence-corrected chi connectivity index (χ3v) is 5.71. The lowest BCUT2D eigenvalue weighted by Gasteiger charge is -2.11. The number of hydrogen-bond acceptors (Lipinski definition) is 4. The van der Waals surface area contributed by atoms with Gasteiger partial charge in [0.25, 0.3) is 11.8 Å². The normalized spacial score (nSPS) is 13.9. The van der Waals surface area contributed by atoms with Gasteiger partial charge in [-0.3, -0.25) is 20.4 Å². The summed E-state index contributed by atoms with van der Waals surface area (Å²) in [5.41, 5.74) is 4.96. The molecule has 9 heteroatoms. The number of sulfonamides is 1. The van der Waals surface area contributed by atoms with Crippen molar-refractivity contribution < 1.29 is 18.0 Å². The first-order valence-electron chi connectivity index (χ1n) is 7.84. The summed E-state index contributed by atoms with van der Waals surface area (Å²) in [7, 11) is -3.81. The molecule has 0 radical (unpaired) electrons. The Bertz CT molecular complexity index is 944. The van der Waals surface area contributed by atoms with Crippen LogP contribution in [0, 0.1) is 0 Å². The topological polar surface area (TPSA) is 104 Å². The minimum absolute atomic E-state index is 0.0167. The Morgan fingerprint density at radius 1 is 0.923 bits per heavy atom. The lowest BCUT2D eigenvalue weighted by Crippen LogP contribution is -2.41. The molecule has 2 aromatic carbocycles. The third-order valence-electron chi connectivity index (χ3n) is 3.71. The summed E-state index contributed by atoms with van der Waals surface area (Å²) in [6, 6.07) is 12.1. The maximum atomic E-state index is 12.3. The molecule has 26 heavy (non-hydrogen) atoms. The summed E-state index contributed by atoms with van der Waals surface area (Å²) in [6.07, 6.45) is 1.56. The van der Waals surface area contributed by atoms with Crippen molar-refractivity contribution in [2.75, 3.05) is 0 Å². The van der Waals surface area contributed by atoms with Gasteiger partial charge in [-0.05, 0) is 43.2 Å². The zero-order valence-electron chi connectivity index (χ0n) is 13.5. The Labute approximate surface area is 155 Å². The van der Waals surface area contributed by atoms with Gasteiger partial charge in [0.1, 0.15) is 4.90 Å². The third kappa shape index (κ3) is 4.40. The number of amides is 2. The summed E-state index contributed by atoms with van der Waals surface area (Å²) < 4.78 is 27.2. The molecule has 0 saturated heterocycles. The van der Waals surface area contributed by atoms with Crippen LogP contribution in [-0.2, 0) is 10.0 Å². The monoisotopic (exact) mass is 393 g/mol. The number of halogens is 1. The number of carbonyl (C=O) groups excluding carboxylic acids is 2. The van der Waals surface area contributed by atoms with Crippen molar-refractivity contribution in [1.29, 1.82) is 0 Å². The first-order chi connectivity index (χ1) is 12.4. The van der Waals surface area contributed by atoms with Crippen LogP contribution in [0.15, 0.2) is 53.4 Å². The predicted molar refractivity (Wildman–Crippen MR) is 96.2 cm³/mol. The molecule has 0 unspecified atom stereocenters. The van der Waals surface area contributed by atoms with Crippen LogP contribution in [0.25, 0.3) is 0 Å². The van der Waals surface area contributed by atoms with E-state index in [0.717, 1.165) is 12.8 Å². The van der Waals surface area contributed by atoms with Crippen LogP contribution in [0.4, 0.5) is 0 Å². The molecule has 2 aromatic rings. The summed E-state index contributed by atoms with van der Waals surface area (Å²) in [5, 5.41) is 0.0167. The fourth-order valence-corrected chi connectivity index (χ4v) is 4.01. The Morgan fingerprint density at radius 2 is 1.54 bits per heavy atom. The number of benzene rings is 2. The second kappa shape index (κ2) is 7.45. The molecule has 1 saturated carbocycles. The zero-order valence-corrected chi connectivity index (χ0v) is 15.1. The first-order valence-corrected chi connectivity index (χ1v) is 9.70. The van der Waals surface area contributed by atoms with Gasteiger partial charge in [0.2, 0.25) is 10.0 Å². The van der Waals surface area contributed by atoms with E-state index in [1.807, 2.05) is 0 Å². The summed E-state index contributed by atoms with van der Waals surface area (Å²) >= 11 is 5.98. The van der Waals surface area contributed by atoms with E-state index in [1.165, 1.54) is 18.2 Å². The molecule has 3 rings (SSSR count). The minimum Gasteiger partial charge on any atom is -0.267 e. The molecule has 0 aromatic heterocycles. The maximum Gasteiger partial charge on any atom is 0.269 e. The largest absolute Gasteiger partial charge is 0.269 e. The van der Waals surface area contributed by atoms with E-state index in [4.69, 9.17) is 11.6 Å². The molecule has 1 aliphatic carbocycles. The Balaban J connectivity index is 1.71. The van der Waals surface area contributed by atoms with Gasteiger partial charge in [-0.2, -0.15) is 0 Å². The van der Waals surface area contributed by atoms with Crippen LogP contribution < -0.4 is 15.6 Å². The van der Waals surface area contributed by atoms with Gasteiger partial charge in [0, 0.05) is 17.2 Å². The molecule has 0 heterocycles. The highest BCUT2D eigenvalue weighted by molar-refractivity contribution is 7.89. The highest BCUT2D eigenvalue weighted by Gasteiger charge is 2.29. The van der Waals surface area contributed by atoms with Crippen LogP contribution in [0.5, 0.6) is 0 Å². The fraction of sp³-hybridized carbons (Fsp3) is 0.176. The van der Waals surface area contributed by atoms with E-state index in [1.54, 1.807) is 30.3 Å². The zero-order chi connectivity index (χ0) is 18.7. The molecule has 2 amide bonds. The molecule has 7 nitrogen and oxygen atoms in total. The number of rotatable bonds is 5. The van der Waals surface area contributed by atoms with Crippen molar-refractivity contribution in [3.8, 4) is 0 Å². The van der Waals surface area contributed by atoms with E-state index in [0.29, 0.717) is 5.56 Å². The van der Waals surface area contributed by atoms with Gasteiger partial charge in [0.05, 0.1) is 5.02 Å². The first kappa shape index (κ1) is 18.4. The van der Waals surface area contributed by atoms with Crippen molar-refractivity contribution in [1.82, 2.24) is 15.6 Å². The average molecular weight is 394 g/mol. The van der Waals surface area contributed by atoms with Crippen LogP contribution in [0.1, 0.15) is 33.6 Å². The molecule has 0 spiro atoms. The number of hydrazine groups is 1. The quantitative estimate of drug-likeness (QED) is 0.674. The highest BCUT2D eigenvalue weighted by Crippen LogP contribution is 2.26. The lowest BCUT2D eigenvalue weighted by atomic mass is 10.2. The summed E-state index contributed by atoms with van der Waals surface area (Å²) in [5.74, 6) is -1.15. The van der Waals surface area contributed by atoms with Crippen LogP contribution in [0.3, 0.4) is 0 Å². The second-order valence-corrected chi connectivity index (χ2v) is 7.90. The lowest BCUT2D eigenvalue weighted by molar-refractivity contribution is 0.0846. The van der Waals surface area contributed by atoms with E-state index in [2.05, 4.69) is 15.6 Å². The summed E-state index contributed by atoms with van der Waals surface area (Å²) in [4.78, 5) is 24.0. The molecule has 0 atom stereocenters. The van der Waals surface area contributed by atoms with Gasteiger partial charge in [-0.1, -0.05) is 29.8 Å². The molecular formula is C17H16ClN3O4S. The Hall–Kier alpha value is -2.42. The second-order valence-electron chi connectivity index (χ2n) is 5.82. The molecule has 1 aliphatic rings. The molecule has 136 valence electrons. The summed E-state index contributed by atoms with van der Waals surface area (Å²) in [6.45, 7) is 0. The van der Waals surface area contributed by atoms with Gasteiger partial charge in [-0.25, -0.2) is 13.1 Å². The molecule has 1 fully saturated rings. The molecule has 0 bridgehead atoms. The predicted octanol–water partition coefficient (Wildman–Crippen LogP) is 1.86. The Kier molecular flexibility index (Phi) is 5.26. The fourth-order valence-electron chi connectivity index (χ4n) is 2.18. The van der Waals surface area contributed by atoms with Gasteiger partial charge in [-0.15, -0.1) is 0 Å². The van der Waals surface area contributed by atoms with E-state index >= 15 is 0 Å². The van der Waals surface area contributed by atoms with Crippen molar-refractivity contribution in [3.63, 3.8) is 0 Å². The van der Waals surface area contributed by atoms with Crippen LogP contribution in [0.2, 0.25) is 5.02 Å². The molecule has 3 N–H and O–H groups in total. The van der Waals surface area contributed by atoms with Crippen molar-refractivity contribution in [2.24, 2.45) is 0 Å². The van der Waals surface area contributed by atoms with Crippen molar-refractivity contribution in [2.45, 2.75) is 23.8 Å². The SMILES string of the molecule is O=C(NNC(=O)c1ccc(Cl)c(S(=O)(=O)NC2CC2)c1)c1ccccc1. The number of nitrogens with one attached hydrogen (secondary N) is 3. The van der Waals surface area contributed by atoms with E-state index in [9.17, 15) is 18.0 Å². The van der Waals surface area contributed by atoms with Gasteiger partial charge < -0.3 is 0 Å². The van der Waals surface area contributed by atoms with E-state index in [-0.39, 0.29) is 21.5 Å². The molecular weight excluding hydrogens is 378 g/mol. The smallest absolute Gasteiger partial charge is 0.267 e. The molecule has 0 aliphatic heterocycles. The van der Waals surface area contributed by atoms with Crippen molar-refractivity contribution in [3.05, 3.63) is 64.7 Å². The number of hydrogen-bond donors (Lipinski definition) is 3. The number of carbonyl (C=O) groups is 2.